The van der Waals surface area contributed by atoms with Crippen LogP contribution in [0.3, 0.4) is 0 Å². The van der Waals surface area contributed by atoms with Crippen molar-refractivity contribution in [3.63, 3.8) is 0 Å². The fourth-order valence-corrected chi connectivity index (χ4v) is 3.04. The lowest BCUT2D eigenvalue weighted by Crippen LogP contribution is -2.39. The van der Waals surface area contributed by atoms with Gasteiger partial charge in [-0.25, -0.2) is 9.78 Å². The van der Waals surface area contributed by atoms with Crippen LogP contribution < -0.4 is 10.9 Å². The molecule has 0 saturated carbocycles. The minimum atomic E-state index is -2.37. The normalized spacial score (nSPS) is 11.3. The maximum atomic E-state index is 12.9. The van der Waals surface area contributed by atoms with E-state index in [1.54, 1.807) is 0 Å². The number of non-ortho nitro benzene ring substituents is 1. The Bertz CT molecular complexity index is 1480. The lowest BCUT2D eigenvalue weighted by Gasteiger charge is -2.13. The van der Waals surface area contributed by atoms with Gasteiger partial charge in [0.2, 0.25) is 5.78 Å². The van der Waals surface area contributed by atoms with E-state index < -0.39 is 56.1 Å². The molecule has 0 radical (unpaired) electrons. The van der Waals surface area contributed by atoms with Crippen LogP contribution in [0.25, 0.3) is 11.0 Å². The Hall–Kier alpha value is -5.34. The highest BCUT2D eigenvalue weighted by molar-refractivity contribution is 6.52. The molecule has 0 fully saturated rings. The van der Waals surface area contributed by atoms with Crippen LogP contribution in [0.15, 0.2) is 47.3 Å². The third-order valence-electron chi connectivity index (χ3n) is 4.67. The first-order valence-electron chi connectivity index (χ1n) is 9.44. The second-order valence-corrected chi connectivity index (χ2v) is 6.79. The Labute approximate surface area is 193 Å². The molecule has 0 saturated heterocycles. The second kappa shape index (κ2) is 9.65. The largest absolute Gasteiger partial charge is 0.463 e. The van der Waals surface area contributed by atoms with Crippen LogP contribution in [0, 0.1) is 20.2 Å². The van der Waals surface area contributed by atoms with Gasteiger partial charge in [0.1, 0.15) is 17.3 Å². The number of ketones is 2. The van der Waals surface area contributed by atoms with Gasteiger partial charge < -0.3 is 15.0 Å². The molecule has 0 aliphatic heterocycles. The highest BCUT2D eigenvalue weighted by Crippen LogP contribution is 2.25. The van der Waals surface area contributed by atoms with Gasteiger partial charge >= 0.3 is 5.97 Å². The molecule has 1 amide bonds. The molecule has 0 spiro atoms. The molecule has 15 nitrogen and oxygen atoms in total. The quantitative estimate of drug-likeness (QED) is 0.150. The SMILES string of the molecule is COC(=O)C(=O)[C@H](C(=O)C(=O)Nc1ccccc1[N+](=O)[O-])c1nc2ccc([N+](=O)[O-])cc2[nH]c1=O. The summed E-state index contributed by atoms with van der Waals surface area (Å²) in [5.74, 6) is -8.71. The van der Waals surface area contributed by atoms with E-state index in [2.05, 4.69) is 14.7 Å². The zero-order chi connectivity index (χ0) is 25.9. The third-order valence-corrected chi connectivity index (χ3v) is 4.67. The number of nitrogens with zero attached hydrogens (tertiary/aromatic N) is 3. The first-order chi connectivity index (χ1) is 16.5. The number of para-hydroxylation sites is 2. The van der Waals surface area contributed by atoms with Crippen molar-refractivity contribution < 1.29 is 33.8 Å². The maximum Gasteiger partial charge on any atom is 0.375 e. The summed E-state index contributed by atoms with van der Waals surface area (Å²) in [7, 11) is 0.826. The molecule has 0 aliphatic carbocycles. The Morgan fingerprint density at radius 3 is 2.34 bits per heavy atom. The minimum Gasteiger partial charge on any atom is -0.463 e. The molecular weight excluding hydrogens is 470 g/mol. The summed E-state index contributed by atoms with van der Waals surface area (Å²) in [5, 5.41) is 24.1. The fourth-order valence-electron chi connectivity index (χ4n) is 3.04. The monoisotopic (exact) mass is 483 g/mol. The number of Topliss-reactive ketones (excluding diaryl/α,β-unsaturated/α-hetero) is 2. The fraction of sp³-hybridized carbons (Fsp3) is 0.100. The van der Waals surface area contributed by atoms with E-state index in [0.717, 1.165) is 37.4 Å². The zero-order valence-electron chi connectivity index (χ0n) is 17.5. The van der Waals surface area contributed by atoms with Crippen LogP contribution in [0.1, 0.15) is 11.6 Å². The predicted octanol–water partition coefficient (Wildman–Crippen LogP) is 0.773. The third kappa shape index (κ3) is 4.87. The maximum absolute atomic E-state index is 12.9. The van der Waals surface area contributed by atoms with E-state index in [9.17, 15) is 44.2 Å². The molecule has 0 aliphatic rings. The van der Waals surface area contributed by atoms with Gasteiger partial charge in [0.15, 0.2) is 0 Å². The van der Waals surface area contributed by atoms with Gasteiger partial charge in [-0.05, 0) is 12.1 Å². The number of nitro benzene ring substituents is 2. The van der Waals surface area contributed by atoms with E-state index in [-0.39, 0.29) is 22.4 Å². The number of aromatic amines is 1. The topological polar surface area (TPSA) is 222 Å². The summed E-state index contributed by atoms with van der Waals surface area (Å²) >= 11 is 0. The number of anilines is 1. The number of benzene rings is 2. The zero-order valence-corrected chi connectivity index (χ0v) is 17.5. The van der Waals surface area contributed by atoms with Crippen molar-refractivity contribution in [2.24, 2.45) is 0 Å². The molecule has 15 heteroatoms. The van der Waals surface area contributed by atoms with Crippen molar-refractivity contribution in [3.8, 4) is 0 Å². The summed E-state index contributed by atoms with van der Waals surface area (Å²) in [5.41, 5.74) is -3.59. The average molecular weight is 483 g/mol. The van der Waals surface area contributed by atoms with Gasteiger partial charge in [-0.2, -0.15) is 0 Å². The van der Waals surface area contributed by atoms with E-state index in [1.807, 2.05) is 5.32 Å². The standard InChI is InChI=1S/C20H13N5O10/c1-35-20(30)17(27)14(16(26)19(29)22-11-4-2-3-5-13(11)25(33)34)15-18(28)23-12-8-9(24(31)32)6-7-10(12)21-15/h2-8,14H,1H3,(H,22,29)(H,23,28)/t14-/m0/s1. The lowest BCUT2D eigenvalue weighted by molar-refractivity contribution is -0.384. The Morgan fingerprint density at radius 1 is 1.03 bits per heavy atom. The first-order valence-corrected chi connectivity index (χ1v) is 9.44. The summed E-state index contributed by atoms with van der Waals surface area (Å²) in [4.78, 5) is 89.3. The van der Waals surface area contributed by atoms with Crippen LogP contribution in [-0.2, 0) is 23.9 Å². The van der Waals surface area contributed by atoms with Crippen molar-refractivity contribution >= 4 is 51.5 Å². The number of ether oxygens (including phenoxy) is 1. The number of methoxy groups -OCH3 is 1. The molecule has 3 rings (SSSR count). The number of carbonyl (C=O) groups is 4. The van der Waals surface area contributed by atoms with Gasteiger partial charge in [0, 0.05) is 18.2 Å². The molecular formula is C20H13N5O10. The number of H-pyrrole nitrogens is 1. The number of hydrogen-bond acceptors (Lipinski definition) is 11. The van der Waals surface area contributed by atoms with Crippen molar-refractivity contribution in [1.82, 2.24) is 9.97 Å². The number of fused-ring (bicyclic) bond motifs is 1. The average Bonchev–Trinajstić information content (AvgIpc) is 2.83. The molecule has 1 aromatic heterocycles. The molecule has 35 heavy (non-hydrogen) atoms. The van der Waals surface area contributed by atoms with E-state index in [4.69, 9.17) is 0 Å². The van der Waals surface area contributed by atoms with Gasteiger partial charge in [-0.1, -0.05) is 12.1 Å². The van der Waals surface area contributed by atoms with Crippen molar-refractivity contribution in [3.05, 3.63) is 78.7 Å². The number of rotatable bonds is 8. The minimum absolute atomic E-state index is 0.0974. The Morgan fingerprint density at radius 2 is 1.71 bits per heavy atom. The van der Waals surface area contributed by atoms with Crippen LogP contribution in [0.2, 0.25) is 0 Å². The van der Waals surface area contributed by atoms with E-state index in [1.165, 1.54) is 12.1 Å². The summed E-state index contributed by atoms with van der Waals surface area (Å²) in [6.07, 6.45) is 0. The number of esters is 1. The highest BCUT2D eigenvalue weighted by Gasteiger charge is 2.41. The van der Waals surface area contributed by atoms with Crippen molar-refractivity contribution in [2.45, 2.75) is 5.92 Å². The number of hydrogen-bond donors (Lipinski definition) is 2. The van der Waals surface area contributed by atoms with Gasteiger partial charge in [0.05, 0.1) is 28.0 Å². The number of carbonyl (C=O) groups excluding carboxylic acids is 4. The molecule has 1 heterocycles. The van der Waals surface area contributed by atoms with Gasteiger partial charge in [-0.3, -0.25) is 39.4 Å². The molecule has 2 aromatic carbocycles. The van der Waals surface area contributed by atoms with Gasteiger partial charge in [-0.15, -0.1) is 0 Å². The molecule has 178 valence electrons. The number of aromatic nitrogens is 2. The van der Waals surface area contributed by atoms with Crippen LogP contribution in [-0.4, -0.2) is 50.4 Å². The highest BCUT2D eigenvalue weighted by atomic mass is 16.6. The molecule has 0 bridgehead atoms. The smallest absolute Gasteiger partial charge is 0.375 e. The predicted molar refractivity (Wildman–Crippen MR) is 116 cm³/mol. The van der Waals surface area contributed by atoms with E-state index >= 15 is 0 Å². The molecule has 1 atom stereocenters. The summed E-state index contributed by atoms with van der Waals surface area (Å²) in [6, 6.07) is 7.94. The lowest BCUT2D eigenvalue weighted by atomic mass is 9.94. The molecule has 0 unspecified atom stereocenters. The van der Waals surface area contributed by atoms with Crippen LogP contribution >= 0.6 is 0 Å². The number of nitro groups is 2. The van der Waals surface area contributed by atoms with Crippen LogP contribution in [0.4, 0.5) is 17.1 Å². The summed E-state index contributed by atoms with van der Waals surface area (Å²) < 4.78 is 4.31. The number of amides is 1. The van der Waals surface area contributed by atoms with Crippen molar-refractivity contribution in [2.75, 3.05) is 12.4 Å². The van der Waals surface area contributed by atoms with Crippen molar-refractivity contribution in [1.29, 1.82) is 0 Å². The van der Waals surface area contributed by atoms with Crippen LogP contribution in [0.5, 0.6) is 0 Å². The Balaban J connectivity index is 2.09. The van der Waals surface area contributed by atoms with Gasteiger partial charge in [0.25, 0.3) is 28.6 Å². The number of nitrogens with one attached hydrogen (secondary N) is 2. The Kier molecular flexibility index (Phi) is 6.70. The second-order valence-electron chi connectivity index (χ2n) is 6.79. The first kappa shape index (κ1) is 24.3. The molecule has 2 N–H and O–H groups in total. The molecule has 3 aromatic rings. The van der Waals surface area contributed by atoms with E-state index in [0.29, 0.717) is 0 Å². The summed E-state index contributed by atoms with van der Waals surface area (Å²) in [6.45, 7) is 0.